The molecule has 0 N–H and O–H groups in total. The van der Waals surface area contributed by atoms with E-state index in [4.69, 9.17) is 9.47 Å². The van der Waals surface area contributed by atoms with Crippen molar-refractivity contribution in [2.45, 2.75) is 5.62 Å². The summed E-state index contributed by atoms with van der Waals surface area (Å²) in [6.45, 7) is 0. The first kappa shape index (κ1) is 6.79. The third-order valence-corrected chi connectivity index (χ3v) is 1.59. The van der Waals surface area contributed by atoms with Crippen LogP contribution in [0.2, 0.25) is 0 Å². The van der Waals surface area contributed by atoms with E-state index in [2.05, 4.69) is 12.6 Å². The van der Waals surface area contributed by atoms with E-state index in [0.29, 0.717) is 5.75 Å². The van der Waals surface area contributed by atoms with Crippen LogP contribution in [-0.2, 0) is 0 Å². The van der Waals surface area contributed by atoms with Gasteiger partial charge < -0.3 is 9.47 Å². The van der Waals surface area contributed by atoms with E-state index in [0.717, 1.165) is 0 Å². The number of hydrogen-bond donors (Lipinski definition) is 1. The monoisotopic (exact) mass is 172 g/mol. The van der Waals surface area contributed by atoms with Crippen LogP contribution in [0.3, 0.4) is 0 Å². The number of ether oxygens (including phenoxy) is 2. The van der Waals surface area contributed by atoms with E-state index in [9.17, 15) is 4.39 Å². The molecule has 0 aliphatic carbocycles. The van der Waals surface area contributed by atoms with Gasteiger partial charge in [-0.1, -0.05) is 18.7 Å². The van der Waals surface area contributed by atoms with Crippen LogP contribution in [0.4, 0.5) is 4.39 Å². The Balaban J connectivity index is 2.49. The first-order valence-electron chi connectivity index (χ1n) is 3.07. The molecule has 58 valence electrons. The Kier molecular flexibility index (Phi) is 1.42. The number of benzene rings is 1. The molecule has 1 heterocycles. The van der Waals surface area contributed by atoms with Crippen LogP contribution in [0, 0.1) is 5.82 Å². The van der Waals surface area contributed by atoms with Gasteiger partial charge in [0, 0.05) is 0 Å². The number of hydrogen-bond acceptors (Lipinski definition) is 3. The summed E-state index contributed by atoms with van der Waals surface area (Å²) in [6.07, 6.45) is 0. The summed E-state index contributed by atoms with van der Waals surface area (Å²) >= 11 is 3.87. The summed E-state index contributed by atoms with van der Waals surface area (Å²) < 4.78 is 22.7. The van der Waals surface area contributed by atoms with Crippen molar-refractivity contribution in [1.82, 2.24) is 0 Å². The lowest BCUT2D eigenvalue weighted by molar-refractivity contribution is 0.135. The van der Waals surface area contributed by atoms with Gasteiger partial charge in [0.1, 0.15) is 0 Å². The molecular formula is C7H5FO2S. The molecule has 2 nitrogen and oxygen atoms in total. The molecule has 4 heteroatoms. The fourth-order valence-electron chi connectivity index (χ4n) is 0.930. The van der Waals surface area contributed by atoms with Gasteiger partial charge in [0.25, 0.3) is 5.62 Å². The second kappa shape index (κ2) is 2.30. The fourth-order valence-corrected chi connectivity index (χ4v) is 1.15. The third-order valence-electron chi connectivity index (χ3n) is 1.38. The Labute approximate surface area is 68.3 Å². The first-order chi connectivity index (χ1) is 5.27. The number of fused-ring (bicyclic) bond motifs is 1. The minimum absolute atomic E-state index is 0.146. The Hall–Kier alpha value is -0.900. The molecule has 0 saturated heterocycles. The molecule has 0 radical (unpaired) electrons. The zero-order chi connectivity index (χ0) is 7.84. The van der Waals surface area contributed by atoms with Crippen molar-refractivity contribution < 1.29 is 13.9 Å². The van der Waals surface area contributed by atoms with Crippen LogP contribution in [0.5, 0.6) is 11.5 Å². The SMILES string of the molecule is Fc1cccc2c1OC(S)O2. The highest BCUT2D eigenvalue weighted by Gasteiger charge is 2.23. The topological polar surface area (TPSA) is 18.5 Å². The van der Waals surface area contributed by atoms with Crippen molar-refractivity contribution in [3.63, 3.8) is 0 Å². The highest BCUT2D eigenvalue weighted by Crippen LogP contribution is 2.37. The van der Waals surface area contributed by atoms with Crippen LogP contribution in [-0.4, -0.2) is 5.62 Å². The van der Waals surface area contributed by atoms with Crippen molar-refractivity contribution in [2.75, 3.05) is 0 Å². The first-order valence-corrected chi connectivity index (χ1v) is 3.59. The molecule has 2 rings (SSSR count). The number of halogens is 1. The number of rotatable bonds is 0. The van der Waals surface area contributed by atoms with E-state index in [1.807, 2.05) is 0 Å². The van der Waals surface area contributed by atoms with Gasteiger partial charge in [-0.25, -0.2) is 4.39 Å². The van der Waals surface area contributed by atoms with E-state index in [1.54, 1.807) is 12.1 Å². The Morgan fingerprint density at radius 1 is 1.36 bits per heavy atom. The second-order valence-electron chi connectivity index (χ2n) is 2.11. The molecule has 1 aliphatic rings. The molecule has 0 bridgehead atoms. The van der Waals surface area contributed by atoms with Crippen LogP contribution >= 0.6 is 12.6 Å². The van der Waals surface area contributed by atoms with Crippen LogP contribution in [0.15, 0.2) is 18.2 Å². The average molecular weight is 172 g/mol. The summed E-state index contributed by atoms with van der Waals surface area (Å²) in [4.78, 5) is 0. The third kappa shape index (κ3) is 1.03. The predicted octanol–water partition coefficient (Wildman–Crippen LogP) is 1.81. The Morgan fingerprint density at radius 2 is 2.18 bits per heavy atom. The van der Waals surface area contributed by atoms with Crippen molar-refractivity contribution in [1.29, 1.82) is 0 Å². The minimum atomic E-state index is -0.679. The molecule has 11 heavy (non-hydrogen) atoms. The minimum Gasteiger partial charge on any atom is -0.442 e. The quantitative estimate of drug-likeness (QED) is 0.601. The van der Waals surface area contributed by atoms with Gasteiger partial charge in [-0.3, -0.25) is 0 Å². The van der Waals surface area contributed by atoms with Crippen LogP contribution in [0.1, 0.15) is 0 Å². The van der Waals surface area contributed by atoms with Gasteiger partial charge in [0.05, 0.1) is 0 Å². The zero-order valence-electron chi connectivity index (χ0n) is 5.45. The molecule has 1 aliphatic heterocycles. The van der Waals surface area contributed by atoms with Gasteiger partial charge in [-0.05, 0) is 12.1 Å². The largest absolute Gasteiger partial charge is 0.442 e. The van der Waals surface area contributed by atoms with Crippen molar-refractivity contribution in [3.05, 3.63) is 24.0 Å². The highest BCUT2D eigenvalue weighted by molar-refractivity contribution is 7.80. The standard InChI is InChI=1S/C7H5FO2S/c8-4-2-1-3-5-6(4)10-7(11)9-5/h1-3,7,11H. The Bertz CT molecular complexity index is 290. The molecule has 1 atom stereocenters. The summed E-state index contributed by atoms with van der Waals surface area (Å²) in [5, 5.41) is 0. The van der Waals surface area contributed by atoms with Gasteiger partial charge >= 0.3 is 0 Å². The maximum absolute atomic E-state index is 12.8. The average Bonchev–Trinajstić information content (AvgIpc) is 2.31. The van der Waals surface area contributed by atoms with Crippen LogP contribution in [0.25, 0.3) is 0 Å². The summed E-state index contributed by atoms with van der Waals surface area (Å²) in [5.74, 6) is 0.136. The molecule has 0 spiro atoms. The van der Waals surface area contributed by atoms with Gasteiger partial charge in [-0.15, -0.1) is 0 Å². The normalized spacial score (nSPS) is 20.4. The molecule has 1 aromatic rings. The van der Waals surface area contributed by atoms with E-state index in [1.165, 1.54) is 6.07 Å². The van der Waals surface area contributed by atoms with Gasteiger partial charge in [0.15, 0.2) is 11.6 Å². The summed E-state index contributed by atoms with van der Waals surface area (Å²) in [7, 11) is 0. The lowest BCUT2D eigenvalue weighted by atomic mass is 10.3. The maximum atomic E-state index is 12.8. The highest BCUT2D eigenvalue weighted by atomic mass is 32.1. The zero-order valence-corrected chi connectivity index (χ0v) is 6.35. The molecule has 0 aromatic heterocycles. The number of thiol groups is 1. The maximum Gasteiger partial charge on any atom is 0.288 e. The summed E-state index contributed by atoms with van der Waals surface area (Å²) in [6, 6.07) is 4.51. The van der Waals surface area contributed by atoms with Gasteiger partial charge in [0.2, 0.25) is 5.75 Å². The summed E-state index contributed by atoms with van der Waals surface area (Å²) in [5.41, 5.74) is -0.679. The van der Waals surface area contributed by atoms with E-state index >= 15 is 0 Å². The lowest BCUT2D eigenvalue weighted by Gasteiger charge is -1.98. The molecule has 1 aromatic carbocycles. The second-order valence-corrected chi connectivity index (χ2v) is 2.53. The molecule has 0 fully saturated rings. The Morgan fingerprint density at radius 3 is 2.91 bits per heavy atom. The van der Waals surface area contributed by atoms with Crippen molar-refractivity contribution >= 4 is 12.6 Å². The predicted molar refractivity (Wildman–Crippen MR) is 40.4 cm³/mol. The molecule has 1 unspecified atom stereocenters. The van der Waals surface area contributed by atoms with Gasteiger partial charge in [-0.2, -0.15) is 0 Å². The smallest absolute Gasteiger partial charge is 0.288 e. The molecular weight excluding hydrogens is 167 g/mol. The van der Waals surface area contributed by atoms with Crippen LogP contribution < -0.4 is 9.47 Å². The number of para-hydroxylation sites is 1. The molecule has 0 saturated carbocycles. The fraction of sp³-hybridized carbons (Fsp3) is 0.143. The lowest BCUT2D eigenvalue weighted by Crippen LogP contribution is -2.08. The van der Waals surface area contributed by atoms with E-state index < -0.39 is 11.4 Å². The molecule has 0 amide bonds. The van der Waals surface area contributed by atoms with E-state index in [-0.39, 0.29) is 5.75 Å². The van der Waals surface area contributed by atoms with Crippen molar-refractivity contribution in [3.8, 4) is 11.5 Å². The van der Waals surface area contributed by atoms with Crippen molar-refractivity contribution in [2.24, 2.45) is 0 Å².